The minimum absolute atomic E-state index is 0. The van der Waals surface area contributed by atoms with Gasteiger partial charge in [-0.1, -0.05) is 6.07 Å². The van der Waals surface area contributed by atoms with Gasteiger partial charge >= 0.3 is 0 Å². The number of aliphatic imine (C=N–C) groups is 1. The highest BCUT2D eigenvalue weighted by Crippen LogP contribution is 2.11. The number of hydrogen-bond acceptors (Lipinski definition) is 5. The van der Waals surface area contributed by atoms with Crippen LogP contribution in [0.25, 0.3) is 0 Å². The minimum atomic E-state index is -2.95. The average Bonchev–Trinajstić information content (AvgIpc) is 2.60. The number of nitrogens with zero attached hydrogens (tertiary/aromatic N) is 3. The van der Waals surface area contributed by atoms with Gasteiger partial charge in [-0.15, -0.1) is 24.0 Å². The molecule has 0 aliphatic heterocycles. The first-order chi connectivity index (χ1) is 12.3. The fourth-order valence-corrected chi connectivity index (χ4v) is 3.21. The van der Waals surface area contributed by atoms with Gasteiger partial charge in [-0.25, -0.2) is 18.4 Å². The van der Waals surface area contributed by atoms with Crippen molar-refractivity contribution in [1.82, 2.24) is 15.6 Å². The van der Waals surface area contributed by atoms with E-state index in [9.17, 15) is 8.42 Å². The Bertz CT molecular complexity index is 661. The zero-order valence-corrected chi connectivity index (χ0v) is 20.2. The number of halogens is 1. The van der Waals surface area contributed by atoms with Crippen molar-refractivity contribution in [2.75, 3.05) is 36.5 Å². The normalized spacial score (nSPS) is 12.9. The number of rotatable bonds is 10. The maximum atomic E-state index is 11.3. The van der Waals surface area contributed by atoms with E-state index in [0.717, 1.165) is 31.0 Å². The van der Waals surface area contributed by atoms with Crippen LogP contribution in [0.5, 0.6) is 0 Å². The van der Waals surface area contributed by atoms with E-state index in [0.29, 0.717) is 18.9 Å². The molecule has 0 aliphatic rings. The molecule has 1 atom stereocenters. The summed E-state index contributed by atoms with van der Waals surface area (Å²) < 4.78 is 22.6. The standard InChI is InChI=1S/C18H33N5O2S.HI/c1-6-19-18(22-15(4)11-12-26(5,24)25)21-14-16-9-10-17(20-13-16)23(7-2)8-3;/h9-10,13,15H,6-8,11-12,14H2,1-5H3,(H2,19,21,22);1H. The fourth-order valence-electron chi connectivity index (χ4n) is 2.43. The van der Waals surface area contributed by atoms with Crippen molar-refractivity contribution in [2.24, 2.45) is 4.99 Å². The minimum Gasteiger partial charge on any atom is -0.357 e. The van der Waals surface area contributed by atoms with Crippen LogP contribution in [0.1, 0.15) is 39.7 Å². The van der Waals surface area contributed by atoms with Gasteiger partial charge in [0, 0.05) is 38.1 Å². The number of hydrogen-bond donors (Lipinski definition) is 2. The van der Waals surface area contributed by atoms with Crippen molar-refractivity contribution in [3.8, 4) is 0 Å². The second-order valence-corrected chi connectivity index (χ2v) is 8.62. The van der Waals surface area contributed by atoms with E-state index >= 15 is 0 Å². The van der Waals surface area contributed by atoms with Gasteiger partial charge in [0.2, 0.25) is 0 Å². The molecule has 0 radical (unpaired) electrons. The van der Waals surface area contributed by atoms with Crippen LogP contribution in [0.2, 0.25) is 0 Å². The van der Waals surface area contributed by atoms with Gasteiger partial charge in [0.15, 0.2) is 5.96 Å². The van der Waals surface area contributed by atoms with Crippen LogP contribution in [-0.2, 0) is 16.4 Å². The molecule has 0 bridgehead atoms. The lowest BCUT2D eigenvalue weighted by molar-refractivity contribution is 0.581. The molecule has 0 amide bonds. The molecule has 1 unspecified atom stereocenters. The lowest BCUT2D eigenvalue weighted by Gasteiger charge is -2.19. The maximum absolute atomic E-state index is 11.3. The predicted molar refractivity (Wildman–Crippen MR) is 125 cm³/mol. The summed E-state index contributed by atoms with van der Waals surface area (Å²) in [6.07, 6.45) is 3.66. The summed E-state index contributed by atoms with van der Waals surface area (Å²) in [7, 11) is -2.95. The van der Waals surface area contributed by atoms with Crippen molar-refractivity contribution in [3.05, 3.63) is 23.9 Å². The zero-order chi connectivity index (χ0) is 19.6. The first-order valence-electron chi connectivity index (χ1n) is 9.21. The molecule has 7 nitrogen and oxygen atoms in total. The molecule has 9 heteroatoms. The highest BCUT2D eigenvalue weighted by atomic mass is 127. The molecule has 1 rings (SSSR count). The van der Waals surface area contributed by atoms with Gasteiger partial charge in [-0.2, -0.15) is 0 Å². The van der Waals surface area contributed by atoms with E-state index in [1.54, 1.807) is 0 Å². The van der Waals surface area contributed by atoms with Gasteiger partial charge in [-0.05, 0) is 45.7 Å². The third kappa shape index (κ3) is 10.7. The Morgan fingerprint density at radius 3 is 2.41 bits per heavy atom. The number of pyridine rings is 1. The van der Waals surface area contributed by atoms with E-state index in [2.05, 4.69) is 39.4 Å². The Labute approximate surface area is 181 Å². The topological polar surface area (TPSA) is 86.7 Å². The van der Waals surface area contributed by atoms with Crippen LogP contribution in [0.15, 0.2) is 23.3 Å². The second-order valence-electron chi connectivity index (χ2n) is 6.36. The Morgan fingerprint density at radius 1 is 1.26 bits per heavy atom. The third-order valence-electron chi connectivity index (χ3n) is 3.97. The quantitative estimate of drug-likeness (QED) is 0.285. The molecule has 0 fully saturated rings. The smallest absolute Gasteiger partial charge is 0.191 e. The number of aromatic nitrogens is 1. The fraction of sp³-hybridized carbons (Fsp3) is 0.667. The van der Waals surface area contributed by atoms with E-state index in [4.69, 9.17) is 0 Å². The number of guanidine groups is 1. The van der Waals surface area contributed by atoms with Crippen molar-refractivity contribution in [1.29, 1.82) is 0 Å². The number of anilines is 1. The molecule has 27 heavy (non-hydrogen) atoms. The molecule has 156 valence electrons. The molecular weight excluding hydrogens is 477 g/mol. The second kappa shape index (κ2) is 13.1. The SMILES string of the molecule is CCNC(=NCc1ccc(N(CC)CC)nc1)NC(C)CCS(C)(=O)=O.I. The van der Waals surface area contributed by atoms with Gasteiger partial charge in [-0.3, -0.25) is 0 Å². The molecule has 0 aliphatic carbocycles. The summed E-state index contributed by atoms with van der Waals surface area (Å²) in [6, 6.07) is 4.08. The first-order valence-corrected chi connectivity index (χ1v) is 11.3. The van der Waals surface area contributed by atoms with Gasteiger partial charge in [0.1, 0.15) is 15.7 Å². The molecule has 0 aromatic carbocycles. The van der Waals surface area contributed by atoms with Crippen molar-refractivity contribution in [2.45, 2.75) is 46.7 Å². The van der Waals surface area contributed by atoms with Crippen molar-refractivity contribution in [3.63, 3.8) is 0 Å². The van der Waals surface area contributed by atoms with E-state index in [1.165, 1.54) is 6.26 Å². The molecule has 1 aromatic heterocycles. The summed E-state index contributed by atoms with van der Waals surface area (Å²) >= 11 is 0. The maximum Gasteiger partial charge on any atom is 0.191 e. The summed E-state index contributed by atoms with van der Waals surface area (Å²) in [4.78, 5) is 11.3. The van der Waals surface area contributed by atoms with E-state index in [-0.39, 0.29) is 35.8 Å². The highest BCUT2D eigenvalue weighted by molar-refractivity contribution is 14.0. The summed E-state index contributed by atoms with van der Waals surface area (Å²) in [5.41, 5.74) is 1.03. The largest absolute Gasteiger partial charge is 0.357 e. The van der Waals surface area contributed by atoms with Crippen LogP contribution in [0.4, 0.5) is 5.82 Å². The molecule has 1 aromatic rings. The summed E-state index contributed by atoms with van der Waals surface area (Å²) in [5, 5.41) is 6.44. The molecule has 1 heterocycles. The molecular formula is C18H34IN5O2S. The Hall–Kier alpha value is -1.10. The van der Waals surface area contributed by atoms with Crippen LogP contribution in [0.3, 0.4) is 0 Å². The Balaban J connectivity index is 0.00000676. The molecule has 0 spiro atoms. The zero-order valence-electron chi connectivity index (χ0n) is 17.0. The predicted octanol–water partition coefficient (Wildman–Crippen LogP) is 2.42. The average molecular weight is 511 g/mol. The molecule has 0 saturated carbocycles. The summed E-state index contributed by atoms with van der Waals surface area (Å²) in [5.74, 6) is 1.82. The van der Waals surface area contributed by atoms with E-state index < -0.39 is 9.84 Å². The monoisotopic (exact) mass is 511 g/mol. The molecule has 0 saturated heterocycles. The lowest BCUT2D eigenvalue weighted by Crippen LogP contribution is -2.42. The van der Waals surface area contributed by atoms with Crippen molar-refractivity contribution >= 4 is 45.6 Å². The molecule has 2 N–H and O–H groups in total. The highest BCUT2D eigenvalue weighted by Gasteiger charge is 2.09. The number of nitrogens with one attached hydrogen (secondary N) is 2. The number of sulfone groups is 1. The van der Waals surface area contributed by atoms with Gasteiger partial charge in [0.05, 0.1) is 12.3 Å². The third-order valence-corrected chi connectivity index (χ3v) is 4.94. The Kier molecular flexibility index (Phi) is 12.6. The summed E-state index contributed by atoms with van der Waals surface area (Å²) in [6.45, 7) is 11.3. The van der Waals surface area contributed by atoms with Crippen LogP contribution in [0, 0.1) is 0 Å². The van der Waals surface area contributed by atoms with Crippen LogP contribution < -0.4 is 15.5 Å². The van der Waals surface area contributed by atoms with Gasteiger partial charge < -0.3 is 15.5 Å². The Morgan fingerprint density at radius 2 is 1.93 bits per heavy atom. The van der Waals surface area contributed by atoms with Gasteiger partial charge in [0.25, 0.3) is 0 Å². The van der Waals surface area contributed by atoms with E-state index in [1.807, 2.05) is 32.2 Å². The van der Waals surface area contributed by atoms with Crippen LogP contribution >= 0.6 is 24.0 Å². The lowest BCUT2D eigenvalue weighted by atomic mass is 10.2. The first kappa shape index (κ1) is 25.9. The van der Waals surface area contributed by atoms with Crippen molar-refractivity contribution < 1.29 is 8.42 Å². The van der Waals surface area contributed by atoms with Crippen LogP contribution in [-0.4, -0.2) is 57.0 Å².